The summed E-state index contributed by atoms with van der Waals surface area (Å²) in [4.78, 5) is 2.45. The molecule has 0 spiro atoms. The smallest absolute Gasteiger partial charge is 0.00187 e. The molecule has 0 aromatic rings. The van der Waals surface area contributed by atoms with Crippen molar-refractivity contribution < 1.29 is 0 Å². The van der Waals surface area contributed by atoms with Gasteiger partial charge in [0.1, 0.15) is 0 Å². The van der Waals surface area contributed by atoms with Gasteiger partial charge in [0, 0.05) is 0 Å². The molecule has 0 atom stereocenters. The van der Waals surface area contributed by atoms with E-state index in [9.17, 15) is 0 Å². The fourth-order valence-corrected chi connectivity index (χ4v) is 1.21. The molecule has 2 heteroatoms. The summed E-state index contributed by atoms with van der Waals surface area (Å²) in [5.74, 6) is 1.03. The molecule has 0 aromatic carbocycles. The van der Waals surface area contributed by atoms with Gasteiger partial charge in [-0.05, 0) is 38.2 Å². The third-order valence-corrected chi connectivity index (χ3v) is 2.09. The Labute approximate surface area is 70.2 Å². The Morgan fingerprint density at radius 1 is 1.10 bits per heavy atom. The van der Waals surface area contributed by atoms with Crippen molar-refractivity contribution in [2.45, 2.75) is 26.7 Å². The molecule has 0 fully saturated rings. The van der Waals surface area contributed by atoms with Gasteiger partial charge < -0.3 is 4.90 Å². The van der Waals surface area contributed by atoms with E-state index < -0.39 is 0 Å². The van der Waals surface area contributed by atoms with Crippen molar-refractivity contribution >= 4 is 12.6 Å². The molecule has 0 aromatic heterocycles. The van der Waals surface area contributed by atoms with Crippen LogP contribution in [0.4, 0.5) is 0 Å². The zero-order valence-electron chi connectivity index (χ0n) is 7.14. The van der Waals surface area contributed by atoms with Gasteiger partial charge in [0.2, 0.25) is 0 Å². The van der Waals surface area contributed by atoms with E-state index in [1.54, 1.807) is 0 Å². The van der Waals surface area contributed by atoms with Crippen LogP contribution in [0, 0.1) is 0 Å². The van der Waals surface area contributed by atoms with Gasteiger partial charge in [0.25, 0.3) is 0 Å². The van der Waals surface area contributed by atoms with Gasteiger partial charge in [-0.1, -0.05) is 13.8 Å². The summed E-state index contributed by atoms with van der Waals surface area (Å²) in [5.41, 5.74) is 0. The molecule has 0 aliphatic heterocycles. The van der Waals surface area contributed by atoms with Crippen molar-refractivity contribution in [3.05, 3.63) is 0 Å². The minimum atomic E-state index is 1.03. The maximum Gasteiger partial charge on any atom is -0.00187 e. The number of hydrogen-bond donors (Lipinski definition) is 1. The summed E-state index contributed by atoms with van der Waals surface area (Å²) in [6, 6.07) is 0. The van der Waals surface area contributed by atoms with E-state index in [-0.39, 0.29) is 0 Å². The lowest BCUT2D eigenvalue weighted by Gasteiger charge is -2.16. The molecule has 0 radical (unpaired) electrons. The highest BCUT2D eigenvalue weighted by atomic mass is 32.1. The van der Waals surface area contributed by atoms with Gasteiger partial charge in [-0.25, -0.2) is 0 Å². The first-order chi connectivity index (χ1) is 4.85. The van der Waals surface area contributed by atoms with Crippen molar-refractivity contribution in [1.82, 2.24) is 4.90 Å². The topological polar surface area (TPSA) is 3.24 Å². The van der Waals surface area contributed by atoms with Gasteiger partial charge in [0.05, 0.1) is 0 Å². The Balaban J connectivity index is 3.09. The molecule has 0 saturated heterocycles. The van der Waals surface area contributed by atoms with E-state index >= 15 is 0 Å². The third kappa shape index (κ3) is 5.12. The molecule has 10 heavy (non-hydrogen) atoms. The van der Waals surface area contributed by atoms with Crippen molar-refractivity contribution in [2.75, 3.05) is 25.4 Å². The van der Waals surface area contributed by atoms with E-state index in [1.807, 2.05) is 0 Å². The Bertz CT molecular complexity index is 62.3. The van der Waals surface area contributed by atoms with Crippen LogP contribution in [0.1, 0.15) is 26.7 Å². The first-order valence-electron chi connectivity index (χ1n) is 4.18. The number of nitrogens with zero attached hydrogens (tertiary/aromatic N) is 1. The van der Waals surface area contributed by atoms with Gasteiger partial charge >= 0.3 is 0 Å². The summed E-state index contributed by atoms with van der Waals surface area (Å²) < 4.78 is 0. The average Bonchev–Trinajstić information content (AvgIpc) is 1.99. The predicted molar refractivity (Wildman–Crippen MR) is 50.9 cm³/mol. The van der Waals surface area contributed by atoms with E-state index in [2.05, 4.69) is 31.4 Å². The molecule has 0 aliphatic carbocycles. The molecular weight excluding hydrogens is 142 g/mol. The minimum Gasteiger partial charge on any atom is -0.304 e. The lowest BCUT2D eigenvalue weighted by atomic mass is 10.3. The molecule has 0 rings (SSSR count). The van der Waals surface area contributed by atoms with E-state index in [0.29, 0.717) is 0 Å². The van der Waals surface area contributed by atoms with Crippen molar-refractivity contribution in [2.24, 2.45) is 0 Å². The molecule has 1 nitrogen and oxygen atoms in total. The lowest BCUT2D eigenvalue weighted by Crippen LogP contribution is -2.23. The van der Waals surface area contributed by atoms with Crippen LogP contribution in [-0.4, -0.2) is 30.3 Å². The fraction of sp³-hybridized carbons (Fsp3) is 1.00. The zero-order valence-corrected chi connectivity index (χ0v) is 8.03. The minimum absolute atomic E-state index is 1.03. The highest BCUT2D eigenvalue weighted by molar-refractivity contribution is 7.80. The van der Waals surface area contributed by atoms with Crippen LogP contribution in [0.2, 0.25) is 0 Å². The standard InChI is InChI=1S/C8H19NS/c1-3-9(4-2)7-5-6-8-10/h10H,3-8H2,1-2H3. The molecule has 0 N–H and O–H groups in total. The predicted octanol–water partition coefficient (Wildman–Crippen LogP) is 2.04. The second kappa shape index (κ2) is 7.42. The Hall–Kier alpha value is 0.310. The first-order valence-corrected chi connectivity index (χ1v) is 4.81. The summed E-state index contributed by atoms with van der Waals surface area (Å²) >= 11 is 4.16. The number of thiol groups is 1. The van der Waals surface area contributed by atoms with Crippen LogP contribution in [0.15, 0.2) is 0 Å². The maximum absolute atomic E-state index is 4.16. The summed E-state index contributed by atoms with van der Waals surface area (Å²) in [6.45, 7) is 8.04. The average molecular weight is 161 g/mol. The van der Waals surface area contributed by atoms with Gasteiger partial charge in [-0.15, -0.1) is 0 Å². The molecular formula is C8H19NS. The second-order valence-electron chi connectivity index (χ2n) is 2.46. The molecule has 0 saturated carbocycles. The Morgan fingerprint density at radius 2 is 1.70 bits per heavy atom. The molecule has 0 heterocycles. The van der Waals surface area contributed by atoms with Crippen LogP contribution < -0.4 is 0 Å². The normalized spacial score (nSPS) is 10.8. The quantitative estimate of drug-likeness (QED) is 0.461. The number of rotatable bonds is 6. The number of hydrogen-bond acceptors (Lipinski definition) is 2. The van der Waals surface area contributed by atoms with Crippen LogP contribution >= 0.6 is 12.6 Å². The SMILES string of the molecule is CCN(CC)CCCCS. The maximum atomic E-state index is 4.16. The molecule has 62 valence electrons. The molecule has 0 unspecified atom stereocenters. The van der Waals surface area contributed by atoms with E-state index in [4.69, 9.17) is 0 Å². The van der Waals surface area contributed by atoms with Crippen LogP contribution in [0.5, 0.6) is 0 Å². The summed E-state index contributed by atoms with van der Waals surface area (Å²) in [5, 5.41) is 0. The lowest BCUT2D eigenvalue weighted by molar-refractivity contribution is 0.299. The van der Waals surface area contributed by atoms with Crippen LogP contribution in [-0.2, 0) is 0 Å². The number of unbranched alkanes of at least 4 members (excludes halogenated alkanes) is 1. The van der Waals surface area contributed by atoms with Gasteiger partial charge in [-0.2, -0.15) is 12.6 Å². The van der Waals surface area contributed by atoms with Crippen LogP contribution in [0.25, 0.3) is 0 Å². The Kier molecular flexibility index (Phi) is 7.65. The monoisotopic (exact) mass is 161 g/mol. The van der Waals surface area contributed by atoms with Crippen LogP contribution in [0.3, 0.4) is 0 Å². The fourth-order valence-electron chi connectivity index (χ4n) is 0.987. The van der Waals surface area contributed by atoms with E-state index in [0.717, 1.165) is 5.75 Å². The second-order valence-corrected chi connectivity index (χ2v) is 2.90. The van der Waals surface area contributed by atoms with Gasteiger partial charge in [-0.3, -0.25) is 0 Å². The largest absolute Gasteiger partial charge is 0.304 e. The first kappa shape index (κ1) is 10.3. The molecule has 0 aliphatic rings. The third-order valence-electron chi connectivity index (χ3n) is 1.78. The van der Waals surface area contributed by atoms with E-state index in [1.165, 1.54) is 32.5 Å². The Morgan fingerprint density at radius 3 is 2.10 bits per heavy atom. The summed E-state index contributed by atoms with van der Waals surface area (Å²) in [7, 11) is 0. The molecule has 0 bridgehead atoms. The van der Waals surface area contributed by atoms with Gasteiger partial charge in [0.15, 0.2) is 0 Å². The van der Waals surface area contributed by atoms with Crippen molar-refractivity contribution in [1.29, 1.82) is 0 Å². The highest BCUT2D eigenvalue weighted by Gasteiger charge is 1.95. The zero-order chi connectivity index (χ0) is 7.82. The summed E-state index contributed by atoms with van der Waals surface area (Å²) in [6.07, 6.45) is 2.55. The highest BCUT2D eigenvalue weighted by Crippen LogP contribution is 1.95. The molecule has 0 amide bonds. The van der Waals surface area contributed by atoms with Crippen molar-refractivity contribution in [3.63, 3.8) is 0 Å². The van der Waals surface area contributed by atoms with Crippen molar-refractivity contribution in [3.8, 4) is 0 Å².